The normalized spacial score (nSPS) is 12.9. The maximum Gasteiger partial charge on any atom is 0.153 e. The van der Waals surface area contributed by atoms with Crippen LogP contribution in [0.25, 0.3) is 21.8 Å². The van der Waals surface area contributed by atoms with Gasteiger partial charge in [0.25, 0.3) is 0 Å². The van der Waals surface area contributed by atoms with Crippen LogP contribution in [0.1, 0.15) is 51.9 Å². The molecule has 0 amide bonds. The summed E-state index contributed by atoms with van der Waals surface area (Å²) in [4.78, 5) is 15.5. The van der Waals surface area contributed by atoms with Gasteiger partial charge < -0.3 is 9.97 Å². The summed E-state index contributed by atoms with van der Waals surface area (Å²) in [6.45, 7) is 9.14. The van der Waals surface area contributed by atoms with Crippen LogP contribution in [0.15, 0.2) is 41.3 Å². The highest BCUT2D eigenvalue weighted by Crippen LogP contribution is 2.38. The Morgan fingerprint density at radius 2 is 1.68 bits per heavy atom. The Kier molecular flexibility index (Phi) is 4.79. The van der Waals surface area contributed by atoms with Crippen molar-refractivity contribution in [1.29, 1.82) is 0 Å². The number of aromatic nitrogens is 4. The second kappa shape index (κ2) is 6.89. The van der Waals surface area contributed by atoms with Crippen LogP contribution in [0, 0.1) is 0 Å². The van der Waals surface area contributed by atoms with Crippen molar-refractivity contribution in [1.82, 2.24) is 19.9 Å². The van der Waals surface area contributed by atoms with Crippen molar-refractivity contribution < 1.29 is 0 Å². The molecule has 146 valence electrons. The molecule has 0 fully saturated rings. The van der Waals surface area contributed by atoms with Crippen LogP contribution in [-0.2, 0) is 10.8 Å². The number of rotatable bonds is 5. The van der Waals surface area contributed by atoms with Crippen molar-refractivity contribution >= 4 is 49.3 Å². The van der Waals surface area contributed by atoms with Gasteiger partial charge in [0.2, 0.25) is 0 Å². The van der Waals surface area contributed by atoms with Crippen molar-refractivity contribution in [2.24, 2.45) is 0 Å². The molecule has 0 aliphatic carbocycles. The number of H-pyrrole nitrogens is 2. The SMILES string of the molecule is CC(C)(CCC(C)(C)c1cc2ccnc(Cl)c2[nH]1)c1cc2c(Br)cncc2[nH]1. The summed E-state index contributed by atoms with van der Waals surface area (Å²) >= 11 is 9.84. The van der Waals surface area contributed by atoms with Crippen molar-refractivity contribution in [2.75, 3.05) is 0 Å². The minimum atomic E-state index is -0.00618. The van der Waals surface area contributed by atoms with Gasteiger partial charge in [-0.15, -0.1) is 0 Å². The number of hydrogen-bond donors (Lipinski definition) is 2. The van der Waals surface area contributed by atoms with E-state index in [1.165, 1.54) is 16.8 Å². The fourth-order valence-electron chi connectivity index (χ4n) is 3.66. The van der Waals surface area contributed by atoms with Crippen LogP contribution >= 0.6 is 27.5 Å². The average Bonchev–Trinajstić information content (AvgIpc) is 3.27. The molecule has 0 aliphatic heterocycles. The number of pyridine rings is 2. The van der Waals surface area contributed by atoms with Gasteiger partial charge in [-0.05, 0) is 47.0 Å². The third kappa shape index (κ3) is 3.46. The molecule has 2 N–H and O–H groups in total. The van der Waals surface area contributed by atoms with Gasteiger partial charge in [0, 0.05) is 49.9 Å². The highest BCUT2D eigenvalue weighted by atomic mass is 79.9. The molecule has 0 saturated carbocycles. The monoisotopic (exact) mass is 458 g/mol. The second-order valence-corrected chi connectivity index (χ2v) is 9.99. The molecule has 0 radical (unpaired) electrons. The summed E-state index contributed by atoms with van der Waals surface area (Å²) in [5, 5.41) is 2.81. The number of nitrogens with zero attached hydrogens (tertiary/aromatic N) is 2. The standard InChI is InChI=1S/C22H24BrClN4/c1-21(2,17-9-13-5-8-26-20(24)19(13)28-17)6-7-22(3,4)18-10-14-15(23)11-25-12-16(14)27-18/h5,8-12,27-28H,6-7H2,1-4H3. The first-order chi connectivity index (χ1) is 13.2. The fourth-order valence-corrected chi connectivity index (χ4v) is 4.32. The van der Waals surface area contributed by atoms with Crippen molar-refractivity contribution in [3.63, 3.8) is 0 Å². The first-order valence-electron chi connectivity index (χ1n) is 9.44. The maximum absolute atomic E-state index is 6.25. The molecule has 0 atom stereocenters. The molecule has 0 unspecified atom stereocenters. The molecule has 0 saturated heterocycles. The number of hydrogen-bond acceptors (Lipinski definition) is 2. The minimum absolute atomic E-state index is 0.00618. The van der Waals surface area contributed by atoms with Crippen LogP contribution in [0.2, 0.25) is 5.15 Å². The van der Waals surface area contributed by atoms with E-state index >= 15 is 0 Å². The Balaban J connectivity index is 1.58. The van der Waals surface area contributed by atoms with Gasteiger partial charge in [-0.1, -0.05) is 39.3 Å². The molecule has 28 heavy (non-hydrogen) atoms. The Labute approximate surface area is 178 Å². The third-order valence-corrected chi connectivity index (χ3v) is 6.75. The predicted molar refractivity (Wildman–Crippen MR) is 120 cm³/mol. The third-order valence-electron chi connectivity index (χ3n) is 5.83. The fraction of sp³-hybridized carbons (Fsp3) is 0.364. The Hall–Kier alpha value is -1.85. The summed E-state index contributed by atoms with van der Waals surface area (Å²) in [6, 6.07) is 6.43. The molecule has 4 aromatic heterocycles. The average molecular weight is 460 g/mol. The van der Waals surface area contributed by atoms with Crippen molar-refractivity contribution in [3.8, 4) is 0 Å². The summed E-state index contributed by atoms with van der Waals surface area (Å²) in [5.41, 5.74) is 4.41. The molecule has 0 spiro atoms. The van der Waals surface area contributed by atoms with E-state index in [1.54, 1.807) is 6.20 Å². The lowest BCUT2D eigenvalue weighted by Gasteiger charge is -2.30. The molecule has 4 rings (SSSR count). The van der Waals surface area contributed by atoms with Crippen molar-refractivity contribution in [3.05, 3.63) is 57.8 Å². The van der Waals surface area contributed by atoms with Gasteiger partial charge in [0.1, 0.15) is 0 Å². The molecule has 0 aliphatic rings. The molecule has 0 bridgehead atoms. The highest BCUT2D eigenvalue weighted by Gasteiger charge is 2.29. The van der Waals surface area contributed by atoms with Gasteiger partial charge >= 0.3 is 0 Å². The zero-order valence-corrected chi connectivity index (χ0v) is 18.9. The van der Waals surface area contributed by atoms with Crippen LogP contribution in [-0.4, -0.2) is 19.9 Å². The first-order valence-corrected chi connectivity index (χ1v) is 10.6. The van der Waals surface area contributed by atoms with E-state index in [-0.39, 0.29) is 10.8 Å². The van der Waals surface area contributed by atoms with E-state index in [4.69, 9.17) is 11.6 Å². The van der Waals surface area contributed by atoms with Crippen LogP contribution in [0.5, 0.6) is 0 Å². The van der Waals surface area contributed by atoms with E-state index < -0.39 is 0 Å². The molecule has 0 aromatic carbocycles. The zero-order chi connectivity index (χ0) is 20.1. The predicted octanol–water partition coefficient (Wildman–Crippen LogP) is 6.89. The number of halogens is 2. The lowest BCUT2D eigenvalue weighted by molar-refractivity contribution is 0.366. The van der Waals surface area contributed by atoms with Gasteiger partial charge in [0.05, 0.1) is 17.2 Å². The van der Waals surface area contributed by atoms with Gasteiger partial charge in [-0.3, -0.25) is 4.98 Å². The lowest BCUT2D eigenvalue weighted by atomic mass is 9.76. The Bertz CT molecular complexity index is 1060. The first kappa shape index (κ1) is 19.5. The topological polar surface area (TPSA) is 57.4 Å². The zero-order valence-electron chi connectivity index (χ0n) is 16.5. The second-order valence-electron chi connectivity index (χ2n) is 8.78. The van der Waals surface area contributed by atoms with E-state index in [0.717, 1.165) is 33.7 Å². The summed E-state index contributed by atoms with van der Waals surface area (Å²) in [5.74, 6) is 0. The van der Waals surface area contributed by atoms with Crippen molar-refractivity contribution in [2.45, 2.75) is 51.4 Å². The van der Waals surface area contributed by atoms with Gasteiger partial charge in [-0.2, -0.15) is 0 Å². The van der Waals surface area contributed by atoms with Crippen LogP contribution in [0.3, 0.4) is 0 Å². The molecular formula is C22H24BrClN4. The largest absolute Gasteiger partial charge is 0.357 e. The summed E-state index contributed by atoms with van der Waals surface area (Å²) in [7, 11) is 0. The van der Waals surface area contributed by atoms with E-state index in [1.807, 2.05) is 18.5 Å². The number of aromatic amines is 2. The van der Waals surface area contributed by atoms with Crippen LogP contribution < -0.4 is 0 Å². The molecule has 4 nitrogen and oxygen atoms in total. The van der Waals surface area contributed by atoms with Gasteiger partial charge in [-0.25, -0.2) is 4.98 Å². The van der Waals surface area contributed by atoms with E-state index in [0.29, 0.717) is 5.15 Å². The van der Waals surface area contributed by atoms with Gasteiger partial charge in [0.15, 0.2) is 5.15 Å². The number of fused-ring (bicyclic) bond motifs is 2. The molecule has 4 heterocycles. The van der Waals surface area contributed by atoms with Crippen LogP contribution in [0.4, 0.5) is 0 Å². The summed E-state index contributed by atoms with van der Waals surface area (Å²) < 4.78 is 1.02. The Morgan fingerprint density at radius 1 is 1.00 bits per heavy atom. The molecular weight excluding hydrogens is 436 g/mol. The minimum Gasteiger partial charge on any atom is -0.357 e. The molecule has 4 aromatic rings. The van der Waals surface area contributed by atoms with E-state index in [9.17, 15) is 0 Å². The Morgan fingerprint density at radius 3 is 2.32 bits per heavy atom. The maximum atomic E-state index is 6.25. The quantitative estimate of drug-likeness (QED) is 0.319. The van der Waals surface area contributed by atoms with E-state index in [2.05, 4.69) is 75.7 Å². The highest BCUT2D eigenvalue weighted by molar-refractivity contribution is 9.10. The smallest absolute Gasteiger partial charge is 0.153 e. The summed E-state index contributed by atoms with van der Waals surface area (Å²) in [6.07, 6.45) is 7.55. The number of nitrogens with one attached hydrogen (secondary N) is 2. The lowest BCUT2D eigenvalue weighted by Crippen LogP contribution is -2.25. The molecule has 6 heteroatoms.